The van der Waals surface area contributed by atoms with Crippen molar-refractivity contribution in [3.63, 3.8) is 0 Å². The number of ether oxygens (including phenoxy) is 2. The second-order valence-corrected chi connectivity index (χ2v) is 6.78. The molecule has 0 saturated carbocycles. The molecule has 1 N–H and O–H groups in total. The van der Waals surface area contributed by atoms with Crippen molar-refractivity contribution in [2.45, 2.75) is 38.1 Å². The molecule has 0 unspecified atom stereocenters. The van der Waals surface area contributed by atoms with E-state index in [2.05, 4.69) is 6.08 Å². The molecule has 0 spiro atoms. The summed E-state index contributed by atoms with van der Waals surface area (Å²) in [5.74, 6) is 0.257. The highest BCUT2D eigenvalue weighted by molar-refractivity contribution is 5.81. The highest BCUT2D eigenvalue weighted by Gasteiger charge is 2.36. The van der Waals surface area contributed by atoms with E-state index in [1.807, 2.05) is 18.2 Å². The molecule has 1 heterocycles. The van der Waals surface area contributed by atoms with E-state index in [0.29, 0.717) is 24.5 Å². The van der Waals surface area contributed by atoms with Gasteiger partial charge in [-0.05, 0) is 48.9 Å². The number of fused-ring (bicyclic) bond motifs is 1. The number of benzene rings is 1. The number of carboxylic acids is 1. The van der Waals surface area contributed by atoms with Gasteiger partial charge in [0.05, 0.1) is 26.7 Å². The number of nitrogens with zero attached hydrogens (tertiary/aromatic N) is 1. The first kappa shape index (κ1) is 18.3. The molecule has 6 heteroatoms. The molecule has 1 aliphatic carbocycles. The fraction of sp³-hybridized carbons (Fsp3) is 0.500. The lowest BCUT2D eigenvalue weighted by Crippen LogP contribution is -2.44. The Kier molecular flexibility index (Phi) is 5.49. The van der Waals surface area contributed by atoms with Gasteiger partial charge in [-0.3, -0.25) is 9.59 Å². The molecule has 2 aliphatic rings. The number of carbonyl (C=O) groups excluding carboxylic acids is 1. The fourth-order valence-electron chi connectivity index (χ4n) is 3.93. The van der Waals surface area contributed by atoms with Crippen LogP contribution in [0, 0.1) is 5.92 Å². The topological polar surface area (TPSA) is 76.1 Å². The lowest BCUT2D eigenvalue weighted by Gasteiger charge is -2.39. The molecular formula is C20H25NO5. The Morgan fingerprint density at radius 3 is 2.54 bits per heavy atom. The Labute approximate surface area is 153 Å². The van der Waals surface area contributed by atoms with Crippen molar-refractivity contribution < 1.29 is 24.2 Å². The first-order chi connectivity index (χ1) is 12.5. The van der Waals surface area contributed by atoms with E-state index >= 15 is 0 Å². The van der Waals surface area contributed by atoms with E-state index in [1.165, 1.54) is 0 Å². The Balaban J connectivity index is 1.96. The summed E-state index contributed by atoms with van der Waals surface area (Å²) < 4.78 is 10.7. The number of carbonyl (C=O) groups is 2. The van der Waals surface area contributed by atoms with Crippen LogP contribution in [0.4, 0.5) is 0 Å². The summed E-state index contributed by atoms with van der Waals surface area (Å²) in [4.78, 5) is 26.3. The summed E-state index contributed by atoms with van der Waals surface area (Å²) in [5.41, 5.74) is 1.86. The molecule has 1 aromatic carbocycles. The van der Waals surface area contributed by atoms with E-state index in [0.717, 1.165) is 30.4 Å². The van der Waals surface area contributed by atoms with E-state index in [-0.39, 0.29) is 18.2 Å². The third kappa shape index (κ3) is 3.54. The summed E-state index contributed by atoms with van der Waals surface area (Å²) in [5, 5.41) is 9.42. The van der Waals surface area contributed by atoms with Crippen LogP contribution < -0.4 is 9.47 Å². The number of amides is 1. The third-order valence-corrected chi connectivity index (χ3v) is 5.27. The van der Waals surface area contributed by atoms with Crippen LogP contribution in [-0.2, 0) is 16.0 Å². The van der Waals surface area contributed by atoms with E-state index in [9.17, 15) is 14.7 Å². The molecular weight excluding hydrogens is 334 g/mol. The molecule has 1 aliphatic heterocycles. The summed E-state index contributed by atoms with van der Waals surface area (Å²) >= 11 is 0. The molecule has 140 valence electrons. The molecule has 1 amide bonds. The average molecular weight is 359 g/mol. The van der Waals surface area contributed by atoms with Gasteiger partial charge in [0, 0.05) is 12.5 Å². The molecule has 0 radical (unpaired) electrons. The van der Waals surface area contributed by atoms with Gasteiger partial charge in [-0.1, -0.05) is 12.2 Å². The van der Waals surface area contributed by atoms with Crippen LogP contribution in [0.5, 0.6) is 11.5 Å². The van der Waals surface area contributed by atoms with Crippen molar-refractivity contribution >= 4 is 11.9 Å². The second kappa shape index (κ2) is 7.81. The number of methoxy groups -OCH3 is 2. The molecule has 6 nitrogen and oxygen atoms in total. The zero-order chi connectivity index (χ0) is 18.7. The van der Waals surface area contributed by atoms with Gasteiger partial charge in [-0.15, -0.1) is 0 Å². The van der Waals surface area contributed by atoms with Gasteiger partial charge in [-0.2, -0.15) is 0 Å². The minimum atomic E-state index is -0.918. The van der Waals surface area contributed by atoms with E-state index in [4.69, 9.17) is 9.47 Å². The van der Waals surface area contributed by atoms with Gasteiger partial charge in [0.2, 0.25) is 5.91 Å². The van der Waals surface area contributed by atoms with Crippen LogP contribution in [0.2, 0.25) is 0 Å². The molecule has 0 aromatic heterocycles. The van der Waals surface area contributed by atoms with Crippen LogP contribution in [0.1, 0.15) is 42.9 Å². The number of allylic oxidation sites excluding steroid dienone is 2. The number of carboxylic acid groups (broad SMARTS) is 1. The predicted octanol–water partition coefficient (Wildman–Crippen LogP) is 2.96. The van der Waals surface area contributed by atoms with Crippen LogP contribution in [0.25, 0.3) is 0 Å². The van der Waals surface area contributed by atoms with E-state index in [1.54, 1.807) is 19.1 Å². The fourth-order valence-corrected chi connectivity index (χ4v) is 3.93. The lowest BCUT2D eigenvalue weighted by molar-refractivity contribution is -0.143. The number of rotatable bonds is 5. The third-order valence-electron chi connectivity index (χ3n) is 5.27. The first-order valence-corrected chi connectivity index (χ1v) is 8.97. The quantitative estimate of drug-likeness (QED) is 0.818. The number of aliphatic carboxylic acids is 1. The van der Waals surface area contributed by atoms with Crippen LogP contribution in [0.15, 0.2) is 24.3 Å². The number of hydrogen-bond donors (Lipinski definition) is 1. The Bertz CT molecular complexity index is 727. The zero-order valence-corrected chi connectivity index (χ0v) is 15.2. The van der Waals surface area contributed by atoms with Gasteiger partial charge >= 0.3 is 5.97 Å². The van der Waals surface area contributed by atoms with Gasteiger partial charge in [0.1, 0.15) is 0 Å². The summed E-state index contributed by atoms with van der Waals surface area (Å²) in [6.45, 7) is 0.527. The molecule has 0 bridgehead atoms. The number of hydrogen-bond acceptors (Lipinski definition) is 4. The summed E-state index contributed by atoms with van der Waals surface area (Å²) in [6.07, 6.45) is 7.16. The highest BCUT2D eigenvalue weighted by Crippen LogP contribution is 2.40. The van der Waals surface area contributed by atoms with Crippen molar-refractivity contribution in [2.24, 2.45) is 5.92 Å². The Morgan fingerprint density at radius 1 is 1.19 bits per heavy atom. The summed E-state index contributed by atoms with van der Waals surface area (Å²) in [6, 6.07) is 3.24. The highest BCUT2D eigenvalue weighted by atomic mass is 16.5. The van der Waals surface area contributed by atoms with Crippen molar-refractivity contribution in [1.29, 1.82) is 0 Å². The largest absolute Gasteiger partial charge is 0.493 e. The SMILES string of the molecule is COc1cc2c(cc1OC)[C@H](CC(=O)O)N(C(=O)[C@H]1CC=CCC1)CC2. The Morgan fingerprint density at radius 2 is 1.92 bits per heavy atom. The van der Waals surface area contributed by atoms with Crippen LogP contribution in [-0.4, -0.2) is 42.6 Å². The zero-order valence-electron chi connectivity index (χ0n) is 15.2. The molecule has 0 fully saturated rings. The molecule has 2 atom stereocenters. The van der Waals surface area contributed by atoms with Gasteiger partial charge < -0.3 is 19.5 Å². The maximum absolute atomic E-state index is 13.1. The molecule has 0 saturated heterocycles. The molecule has 26 heavy (non-hydrogen) atoms. The van der Waals surface area contributed by atoms with Gasteiger partial charge in [0.15, 0.2) is 11.5 Å². The first-order valence-electron chi connectivity index (χ1n) is 8.97. The van der Waals surface area contributed by atoms with Crippen molar-refractivity contribution in [1.82, 2.24) is 4.90 Å². The van der Waals surface area contributed by atoms with Gasteiger partial charge in [0.25, 0.3) is 0 Å². The standard InChI is InChI=1S/C20H25NO5/c1-25-17-10-14-8-9-21(20(24)13-6-4-3-5-7-13)16(12-19(22)23)15(14)11-18(17)26-2/h3-4,10-11,13,16H,5-9,12H2,1-2H3,(H,22,23)/t13-,16-/m0/s1. The minimum absolute atomic E-state index is 0.0565. The second-order valence-electron chi connectivity index (χ2n) is 6.78. The Hall–Kier alpha value is -2.50. The monoisotopic (exact) mass is 359 g/mol. The van der Waals surface area contributed by atoms with Crippen molar-refractivity contribution in [2.75, 3.05) is 20.8 Å². The smallest absolute Gasteiger partial charge is 0.305 e. The molecule has 1 aromatic rings. The maximum Gasteiger partial charge on any atom is 0.305 e. The van der Waals surface area contributed by atoms with Crippen molar-refractivity contribution in [3.05, 3.63) is 35.4 Å². The van der Waals surface area contributed by atoms with Gasteiger partial charge in [-0.25, -0.2) is 0 Å². The predicted molar refractivity (Wildman–Crippen MR) is 96.4 cm³/mol. The summed E-state index contributed by atoms with van der Waals surface area (Å²) in [7, 11) is 3.13. The van der Waals surface area contributed by atoms with Crippen LogP contribution >= 0.6 is 0 Å². The minimum Gasteiger partial charge on any atom is -0.493 e. The molecule has 3 rings (SSSR count). The normalized spacial score (nSPS) is 21.8. The van der Waals surface area contributed by atoms with Crippen molar-refractivity contribution in [3.8, 4) is 11.5 Å². The van der Waals surface area contributed by atoms with E-state index < -0.39 is 12.0 Å². The average Bonchev–Trinajstić information content (AvgIpc) is 2.67. The van der Waals surface area contributed by atoms with Crippen LogP contribution in [0.3, 0.4) is 0 Å². The lowest BCUT2D eigenvalue weighted by atomic mass is 9.87. The maximum atomic E-state index is 13.1.